The molecule has 0 aromatic heterocycles. The van der Waals surface area contributed by atoms with Crippen LogP contribution in [0.25, 0.3) is 76.5 Å². The van der Waals surface area contributed by atoms with E-state index in [0.29, 0.717) is 0 Å². The standard InChI is InChI=1S/C50H44N2/c1-7-28-51(29-8-1)39-25-27-46-47(33-39)49(38-19-11-18-37(32-38)43-22-12-16-35-14-3-5-20-41(35)43)45-26-24-40(52-30-9-2-10-31-52)34-48(45)50(46)44-23-13-17-36-15-4-6-21-42(36)44/h3-6,11-27,32-34H,1-2,7-10,28-31H2. The van der Waals surface area contributed by atoms with Crippen molar-refractivity contribution < 1.29 is 0 Å². The number of piperidine rings is 2. The molecule has 8 aromatic carbocycles. The summed E-state index contributed by atoms with van der Waals surface area (Å²) in [6, 6.07) is 55.3. The molecule has 10 rings (SSSR count). The predicted octanol–water partition coefficient (Wildman–Crippen LogP) is 13.3. The molecule has 0 N–H and O–H groups in total. The van der Waals surface area contributed by atoms with Crippen LogP contribution < -0.4 is 9.80 Å². The van der Waals surface area contributed by atoms with Crippen LogP contribution in [0.15, 0.2) is 146 Å². The topological polar surface area (TPSA) is 6.48 Å². The van der Waals surface area contributed by atoms with Crippen LogP contribution in [0.4, 0.5) is 11.4 Å². The van der Waals surface area contributed by atoms with Crippen molar-refractivity contribution >= 4 is 54.5 Å². The first-order valence-corrected chi connectivity index (χ1v) is 19.4. The normalized spacial score (nSPS) is 15.2. The quantitative estimate of drug-likeness (QED) is 0.168. The number of nitrogens with zero attached hydrogens (tertiary/aromatic N) is 2. The highest BCUT2D eigenvalue weighted by Gasteiger charge is 2.22. The zero-order chi connectivity index (χ0) is 34.4. The van der Waals surface area contributed by atoms with Gasteiger partial charge in [-0.15, -0.1) is 0 Å². The van der Waals surface area contributed by atoms with E-state index >= 15 is 0 Å². The fourth-order valence-electron chi connectivity index (χ4n) is 9.27. The summed E-state index contributed by atoms with van der Waals surface area (Å²) < 4.78 is 0. The summed E-state index contributed by atoms with van der Waals surface area (Å²) in [5.41, 5.74) is 10.5. The molecule has 8 aromatic rings. The van der Waals surface area contributed by atoms with Crippen molar-refractivity contribution in [1.82, 2.24) is 0 Å². The van der Waals surface area contributed by atoms with Gasteiger partial charge in [0.1, 0.15) is 0 Å². The first-order chi connectivity index (χ1) is 25.8. The summed E-state index contributed by atoms with van der Waals surface area (Å²) in [5, 5.41) is 10.5. The van der Waals surface area contributed by atoms with Gasteiger partial charge in [-0.05, 0) is 145 Å². The van der Waals surface area contributed by atoms with Crippen LogP contribution >= 0.6 is 0 Å². The number of anilines is 2. The monoisotopic (exact) mass is 672 g/mol. The fraction of sp³-hybridized carbons (Fsp3) is 0.200. The molecule has 0 saturated carbocycles. The van der Waals surface area contributed by atoms with E-state index in [0.717, 1.165) is 26.2 Å². The van der Waals surface area contributed by atoms with Gasteiger partial charge in [-0.2, -0.15) is 0 Å². The number of hydrogen-bond acceptors (Lipinski definition) is 2. The van der Waals surface area contributed by atoms with E-state index in [9.17, 15) is 0 Å². The van der Waals surface area contributed by atoms with Gasteiger partial charge < -0.3 is 9.80 Å². The third-order valence-electron chi connectivity index (χ3n) is 11.8. The minimum Gasteiger partial charge on any atom is -0.372 e. The maximum absolute atomic E-state index is 2.61. The van der Waals surface area contributed by atoms with Gasteiger partial charge in [0.05, 0.1) is 0 Å². The molecule has 0 atom stereocenters. The van der Waals surface area contributed by atoms with Crippen molar-refractivity contribution in [2.75, 3.05) is 36.0 Å². The lowest BCUT2D eigenvalue weighted by atomic mass is 9.83. The van der Waals surface area contributed by atoms with Gasteiger partial charge in [0.15, 0.2) is 0 Å². The molecule has 2 saturated heterocycles. The molecule has 0 unspecified atom stereocenters. The lowest BCUT2D eigenvalue weighted by Crippen LogP contribution is -2.29. The average molecular weight is 673 g/mol. The van der Waals surface area contributed by atoms with Crippen molar-refractivity contribution in [3.05, 3.63) is 146 Å². The Balaban J connectivity index is 1.30. The Bertz CT molecular complexity index is 2590. The van der Waals surface area contributed by atoms with Crippen molar-refractivity contribution in [3.63, 3.8) is 0 Å². The van der Waals surface area contributed by atoms with Gasteiger partial charge in [0.2, 0.25) is 0 Å². The number of rotatable bonds is 5. The van der Waals surface area contributed by atoms with Gasteiger partial charge in [-0.3, -0.25) is 0 Å². The van der Waals surface area contributed by atoms with Crippen molar-refractivity contribution in [2.45, 2.75) is 38.5 Å². The van der Waals surface area contributed by atoms with Crippen LogP contribution in [0.2, 0.25) is 0 Å². The Morgan fingerprint density at radius 3 is 1.42 bits per heavy atom. The highest BCUT2D eigenvalue weighted by atomic mass is 15.1. The van der Waals surface area contributed by atoms with Gasteiger partial charge >= 0.3 is 0 Å². The first-order valence-electron chi connectivity index (χ1n) is 19.4. The van der Waals surface area contributed by atoms with Crippen LogP contribution in [0.3, 0.4) is 0 Å². The van der Waals surface area contributed by atoms with E-state index in [1.807, 2.05) is 0 Å². The Labute approximate surface area is 306 Å². The molecule has 2 aliphatic rings. The lowest BCUT2D eigenvalue weighted by Gasteiger charge is -2.30. The zero-order valence-corrected chi connectivity index (χ0v) is 29.8. The first kappa shape index (κ1) is 31.2. The highest BCUT2D eigenvalue weighted by molar-refractivity contribution is 6.24. The molecule has 2 fully saturated rings. The van der Waals surface area contributed by atoms with E-state index in [2.05, 4.69) is 155 Å². The number of fused-ring (bicyclic) bond motifs is 4. The summed E-state index contributed by atoms with van der Waals surface area (Å²) in [5.74, 6) is 0. The predicted molar refractivity (Wildman–Crippen MR) is 225 cm³/mol. The molecule has 254 valence electrons. The van der Waals surface area contributed by atoms with Gasteiger partial charge in [-0.25, -0.2) is 0 Å². The van der Waals surface area contributed by atoms with E-state index in [4.69, 9.17) is 0 Å². The van der Waals surface area contributed by atoms with Crippen molar-refractivity contribution in [3.8, 4) is 33.4 Å². The van der Waals surface area contributed by atoms with Crippen LogP contribution in [0, 0.1) is 0 Å². The van der Waals surface area contributed by atoms with Crippen LogP contribution in [0.1, 0.15) is 38.5 Å². The minimum absolute atomic E-state index is 1.13. The minimum atomic E-state index is 1.13. The summed E-state index contributed by atoms with van der Waals surface area (Å²) in [6.07, 6.45) is 7.69. The summed E-state index contributed by atoms with van der Waals surface area (Å²) >= 11 is 0. The van der Waals surface area contributed by atoms with E-state index in [-0.39, 0.29) is 0 Å². The van der Waals surface area contributed by atoms with Crippen molar-refractivity contribution in [1.29, 1.82) is 0 Å². The van der Waals surface area contributed by atoms with Gasteiger partial charge in [0, 0.05) is 37.6 Å². The maximum Gasteiger partial charge on any atom is 0.0372 e. The largest absolute Gasteiger partial charge is 0.372 e. The second-order valence-corrected chi connectivity index (χ2v) is 14.9. The highest BCUT2D eigenvalue weighted by Crippen LogP contribution is 2.48. The molecule has 0 amide bonds. The average Bonchev–Trinajstić information content (AvgIpc) is 3.22. The molecular formula is C50H44N2. The molecule has 52 heavy (non-hydrogen) atoms. The third kappa shape index (κ3) is 5.40. The van der Waals surface area contributed by atoms with Gasteiger partial charge in [-0.1, -0.05) is 115 Å². The molecule has 2 nitrogen and oxygen atoms in total. The Hall–Kier alpha value is -5.60. The summed E-state index contributed by atoms with van der Waals surface area (Å²) in [4.78, 5) is 5.22. The fourth-order valence-corrected chi connectivity index (χ4v) is 9.27. The van der Waals surface area contributed by atoms with Crippen molar-refractivity contribution in [2.24, 2.45) is 0 Å². The van der Waals surface area contributed by atoms with E-state index in [1.54, 1.807) is 0 Å². The summed E-state index contributed by atoms with van der Waals surface area (Å²) in [6.45, 7) is 4.50. The molecule has 2 aliphatic heterocycles. The van der Waals surface area contributed by atoms with E-state index in [1.165, 1.54) is 126 Å². The molecule has 2 heterocycles. The van der Waals surface area contributed by atoms with Crippen LogP contribution in [0.5, 0.6) is 0 Å². The number of hydrogen-bond donors (Lipinski definition) is 0. The molecular weight excluding hydrogens is 629 g/mol. The Kier molecular flexibility index (Phi) is 7.90. The summed E-state index contributed by atoms with van der Waals surface area (Å²) in [7, 11) is 0. The molecule has 0 spiro atoms. The molecule has 0 bridgehead atoms. The Morgan fingerprint density at radius 2 is 0.788 bits per heavy atom. The lowest BCUT2D eigenvalue weighted by molar-refractivity contribution is 0.578. The van der Waals surface area contributed by atoms with Gasteiger partial charge in [0.25, 0.3) is 0 Å². The SMILES string of the molecule is c1cc(-c2cccc3ccccc23)cc(-c2c3cc(N4CCCCC4)ccc3c(-c3cccc4ccccc34)c3cc(N4CCCCC4)ccc23)c1. The molecule has 2 heteroatoms. The van der Waals surface area contributed by atoms with Crippen LogP contribution in [-0.4, -0.2) is 26.2 Å². The van der Waals surface area contributed by atoms with E-state index < -0.39 is 0 Å². The second-order valence-electron chi connectivity index (χ2n) is 14.9. The second kappa shape index (κ2) is 13.2. The third-order valence-corrected chi connectivity index (χ3v) is 11.8. The zero-order valence-electron chi connectivity index (χ0n) is 29.8. The Morgan fingerprint density at radius 1 is 0.308 bits per heavy atom. The smallest absolute Gasteiger partial charge is 0.0372 e. The number of benzene rings is 8. The molecule has 0 aliphatic carbocycles. The molecule has 0 radical (unpaired) electrons. The van der Waals surface area contributed by atoms with Crippen LogP contribution in [-0.2, 0) is 0 Å². The maximum atomic E-state index is 2.61.